The third-order valence-electron chi connectivity index (χ3n) is 3.87. The SMILES string of the molecule is CN=C(NCc1sc(C)nc1C)N(C)Cc1cn(C)nc1C(C)C.I. The maximum absolute atomic E-state index is 4.58. The van der Waals surface area contributed by atoms with Crippen LogP contribution in [-0.2, 0) is 20.1 Å². The second-order valence-electron chi connectivity index (χ2n) is 6.37. The Morgan fingerprint density at radius 3 is 2.60 bits per heavy atom. The van der Waals surface area contributed by atoms with Gasteiger partial charge in [-0.3, -0.25) is 9.67 Å². The molecular weight excluding hydrogens is 447 g/mol. The zero-order valence-electron chi connectivity index (χ0n) is 16.1. The maximum atomic E-state index is 4.58. The van der Waals surface area contributed by atoms with E-state index in [2.05, 4.69) is 59.3 Å². The molecule has 25 heavy (non-hydrogen) atoms. The van der Waals surface area contributed by atoms with Gasteiger partial charge < -0.3 is 10.2 Å². The monoisotopic (exact) mass is 476 g/mol. The van der Waals surface area contributed by atoms with Crippen LogP contribution in [0.5, 0.6) is 0 Å². The zero-order chi connectivity index (χ0) is 17.9. The minimum atomic E-state index is 0. The zero-order valence-corrected chi connectivity index (χ0v) is 19.3. The van der Waals surface area contributed by atoms with Crippen molar-refractivity contribution in [2.45, 2.75) is 46.7 Å². The molecule has 0 radical (unpaired) electrons. The van der Waals surface area contributed by atoms with E-state index in [-0.39, 0.29) is 24.0 Å². The Balaban J connectivity index is 0.00000312. The number of rotatable bonds is 5. The third kappa shape index (κ3) is 5.67. The molecular formula is C17H29IN6S. The Morgan fingerprint density at radius 2 is 2.08 bits per heavy atom. The smallest absolute Gasteiger partial charge is 0.193 e. The Morgan fingerprint density at radius 1 is 1.40 bits per heavy atom. The third-order valence-corrected chi connectivity index (χ3v) is 4.94. The normalized spacial score (nSPS) is 11.6. The molecule has 0 saturated heterocycles. The highest BCUT2D eigenvalue weighted by atomic mass is 127. The quantitative estimate of drug-likeness (QED) is 0.408. The number of aromatic nitrogens is 3. The molecule has 0 fully saturated rings. The largest absolute Gasteiger partial charge is 0.351 e. The molecule has 2 heterocycles. The Kier molecular flexibility index (Phi) is 8.33. The molecule has 140 valence electrons. The summed E-state index contributed by atoms with van der Waals surface area (Å²) in [6, 6.07) is 0. The first-order valence-electron chi connectivity index (χ1n) is 8.19. The number of aryl methyl sites for hydroxylation is 3. The molecule has 0 aliphatic carbocycles. The maximum Gasteiger partial charge on any atom is 0.193 e. The van der Waals surface area contributed by atoms with Crippen molar-refractivity contribution < 1.29 is 0 Å². The molecule has 0 spiro atoms. The summed E-state index contributed by atoms with van der Waals surface area (Å²) in [4.78, 5) is 12.3. The van der Waals surface area contributed by atoms with Gasteiger partial charge in [0.25, 0.3) is 0 Å². The summed E-state index contributed by atoms with van der Waals surface area (Å²) in [5.74, 6) is 1.28. The molecule has 0 unspecified atom stereocenters. The number of guanidine groups is 1. The number of aliphatic imine (C=N–C) groups is 1. The summed E-state index contributed by atoms with van der Waals surface area (Å²) >= 11 is 1.73. The van der Waals surface area contributed by atoms with Gasteiger partial charge in [-0.25, -0.2) is 4.98 Å². The minimum absolute atomic E-state index is 0. The van der Waals surface area contributed by atoms with Gasteiger partial charge in [-0.1, -0.05) is 13.8 Å². The van der Waals surface area contributed by atoms with E-state index in [1.54, 1.807) is 11.3 Å². The summed E-state index contributed by atoms with van der Waals surface area (Å²) < 4.78 is 1.89. The van der Waals surface area contributed by atoms with Crippen LogP contribution >= 0.6 is 35.3 Å². The summed E-state index contributed by atoms with van der Waals surface area (Å²) in [6.07, 6.45) is 2.09. The molecule has 0 aromatic carbocycles. The molecule has 2 aromatic rings. The van der Waals surface area contributed by atoms with Gasteiger partial charge in [-0.05, 0) is 19.8 Å². The molecule has 6 nitrogen and oxygen atoms in total. The molecule has 0 atom stereocenters. The number of hydrogen-bond donors (Lipinski definition) is 1. The van der Waals surface area contributed by atoms with Gasteiger partial charge in [0.1, 0.15) is 0 Å². The van der Waals surface area contributed by atoms with E-state index in [4.69, 9.17) is 0 Å². The van der Waals surface area contributed by atoms with E-state index < -0.39 is 0 Å². The van der Waals surface area contributed by atoms with Gasteiger partial charge in [-0.15, -0.1) is 35.3 Å². The summed E-state index contributed by atoms with van der Waals surface area (Å²) in [6.45, 7) is 9.97. The van der Waals surface area contributed by atoms with Crippen molar-refractivity contribution in [3.63, 3.8) is 0 Å². The van der Waals surface area contributed by atoms with E-state index in [1.165, 1.54) is 10.4 Å². The van der Waals surface area contributed by atoms with Crippen molar-refractivity contribution in [1.82, 2.24) is 25.0 Å². The topological polar surface area (TPSA) is 58.3 Å². The van der Waals surface area contributed by atoms with Crippen molar-refractivity contribution in [2.24, 2.45) is 12.0 Å². The molecule has 2 rings (SSSR count). The van der Waals surface area contributed by atoms with E-state index >= 15 is 0 Å². The second kappa shape index (κ2) is 9.51. The van der Waals surface area contributed by atoms with Gasteiger partial charge in [0, 0.05) is 44.3 Å². The lowest BCUT2D eigenvalue weighted by Gasteiger charge is -2.22. The molecule has 0 saturated carbocycles. The molecule has 0 aliphatic heterocycles. The van der Waals surface area contributed by atoms with Gasteiger partial charge in [-0.2, -0.15) is 5.10 Å². The highest BCUT2D eigenvalue weighted by Gasteiger charge is 2.15. The van der Waals surface area contributed by atoms with Gasteiger partial charge in [0.15, 0.2) is 5.96 Å². The van der Waals surface area contributed by atoms with Crippen molar-refractivity contribution in [2.75, 3.05) is 14.1 Å². The van der Waals surface area contributed by atoms with E-state index in [9.17, 15) is 0 Å². The predicted molar refractivity (Wildman–Crippen MR) is 116 cm³/mol. The fourth-order valence-corrected chi connectivity index (χ4v) is 3.65. The summed E-state index contributed by atoms with van der Waals surface area (Å²) in [5.41, 5.74) is 3.48. The van der Waals surface area contributed by atoms with Crippen LogP contribution in [0, 0.1) is 13.8 Å². The first-order valence-corrected chi connectivity index (χ1v) is 9.00. The van der Waals surface area contributed by atoms with Crippen molar-refractivity contribution in [1.29, 1.82) is 0 Å². The van der Waals surface area contributed by atoms with Gasteiger partial charge >= 0.3 is 0 Å². The number of nitrogens with zero attached hydrogens (tertiary/aromatic N) is 5. The number of nitrogens with one attached hydrogen (secondary N) is 1. The van der Waals surface area contributed by atoms with Gasteiger partial charge in [0.05, 0.1) is 22.9 Å². The molecule has 8 heteroatoms. The average Bonchev–Trinajstić information content (AvgIpc) is 3.02. The lowest BCUT2D eigenvalue weighted by atomic mass is 10.1. The Bertz CT molecular complexity index is 719. The van der Waals surface area contributed by atoms with Gasteiger partial charge in [0.2, 0.25) is 0 Å². The van der Waals surface area contributed by atoms with Crippen molar-refractivity contribution in [3.8, 4) is 0 Å². The van der Waals surface area contributed by atoms with Crippen LogP contribution < -0.4 is 5.32 Å². The highest BCUT2D eigenvalue weighted by molar-refractivity contribution is 14.0. The fraction of sp³-hybridized carbons (Fsp3) is 0.588. The standard InChI is InChI=1S/C17H28N6S.HI/c1-11(2)16-14(10-23(7)21-16)9-22(6)17(18-5)19-8-15-12(3)20-13(4)24-15;/h10-11H,8-9H2,1-7H3,(H,18,19);1H. The Hall–Kier alpha value is -1.16. The first kappa shape index (κ1) is 21.9. The van der Waals surface area contributed by atoms with Crippen LogP contribution in [0.2, 0.25) is 0 Å². The summed E-state index contributed by atoms with van der Waals surface area (Å²) in [7, 11) is 5.84. The molecule has 2 aromatic heterocycles. The number of halogens is 1. The first-order chi connectivity index (χ1) is 11.3. The van der Waals surface area contributed by atoms with Crippen LogP contribution in [0.3, 0.4) is 0 Å². The van der Waals surface area contributed by atoms with E-state index in [0.29, 0.717) is 5.92 Å². The van der Waals surface area contributed by atoms with Crippen LogP contribution in [0.15, 0.2) is 11.2 Å². The molecule has 0 aliphatic rings. The molecule has 0 bridgehead atoms. The lowest BCUT2D eigenvalue weighted by molar-refractivity contribution is 0.473. The van der Waals surface area contributed by atoms with E-state index in [0.717, 1.165) is 35.4 Å². The van der Waals surface area contributed by atoms with Crippen LogP contribution in [0.25, 0.3) is 0 Å². The fourth-order valence-electron chi connectivity index (χ4n) is 2.77. The molecule has 0 amide bonds. The molecule has 1 N–H and O–H groups in total. The van der Waals surface area contributed by atoms with Crippen LogP contribution in [0.4, 0.5) is 0 Å². The highest BCUT2D eigenvalue weighted by Crippen LogP contribution is 2.19. The average molecular weight is 476 g/mol. The lowest BCUT2D eigenvalue weighted by Crippen LogP contribution is -2.38. The van der Waals surface area contributed by atoms with E-state index in [1.807, 2.05) is 25.7 Å². The van der Waals surface area contributed by atoms with Crippen LogP contribution in [-0.4, -0.2) is 39.7 Å². The minimum Gasteiger partial charge on any atom is -0.351 e. The Labute approximate surface area is 171 Å². The van der Waals surface area contributed by atoms with Crippen molar-refractivity contribution in [3.05, 3.63) is 33.0 Å². The predicted octanol–water partition coefficient (Wildman–Crippen LogP) is 3.44. The van der Waals surface area contributed by atoms with Crippen molar-refractivity contribution >= 4 is 41.3 Å². The number of hydrogen-bond acceptors (Lipinski definition) is 4. The van der Waals surface area contributed by atoms with Crippen LogP contribution in [0.1, 0.15) is 46.6 Å². The summed E-state index contributed by atoms with van der Waals surface area (Å²) in [5, 5.41) is 9.12. The second-order valence-corrected chi connectivity index (χ2v) is 7.65. The number of thiazole rings is 1.